The zero-order chi connectivity index (χ0) is 16.5. The van der Waals surface area contributed by atoms with Gasteiger partial charge in [-0.15, -0.1) is 0 Å². The molecule has 122 valence electrons. The molecule has 0 aliphatic heterocycles. The fourth-order valence-electron chi connectivity index (χ4n) is 1.61. The largest absolute Gasteiger partial charge is 0.458 e. The lowest BCUT2D eigenvalue weighted by atomic mass is 10.1. The molecule has 0 aromatic heterocycles. The fraction of sp³-hybridized carbons (Fsp3) is 0.800. The van der Waals surface area contributed by atoms with Crippen LogP contribution in [0.1, 0.15) is 60.3 Å². The van der Waals surface area contributed by atoms with E-state index in [0.29, 0.717) is 13.0 Å². The highest BCUT2D eigenvalue weighted by molar-refractivity contribution is 5.84. The molecule has 2 amide bonds. The molecule has 0 fully saturated rings. The molecular weight excluding hydrogens is 272 g/mol. The van der Waals surface area contributed by atoms with Crippen LogP contribution in [0, 0.1) is 0 Å². The topological polar surface area (TPSA) is 84.5 Å². The van der Waals surface area contributed by atoms with E-state index in [4.69, 9.17) is 4.74 Å². The normalized spacial score (nSPS) is 12.4. The van der Waals surface area contributed by atoms with E-state index in [-0.39, 0.29) is 11.8 Å². The van der Waals surface area contributed by atoms with E-state index in [0.717, 1.165) is 19.3 Å². The van der Waals surface area contributed by atoms with E-state index < -0.39 is 17.6 Å². The standard InChI is InChI=1S/C15H28N2O4/c1-11(14(20)21-15(3,4)5)17-13(19)9-7-6-8-10-16-12(2)18/h11H,6-10H2,1-5H3,(H,16,18)(H,17,19)/t11-/m0/s1. The summed E-state index contributed by atoms with van der Waals surface area (Å²) in [4.78, 5) is 34.0. The third-order valence-electron chi connectivity index (χ3n) is 2.59. The van der Waals surface area contributed by atoms with E-state index in [2.05, 4.69) is 10.6 Å². The summed E-state index contributed by atoms with van der Waals surface area (Å²) in [6.45, 7) is 9.08. The number of unbranched alkanes of at least 4 members (excludes halogenated alkanes) is 2. The van der Waals surface area contributed by atoms with E-state index in [1.54, 1.807) is 27.7 Å². The highest BCUT2D eigenvalue weighted by Crippen LogP contribution is 2.08. The van der Waals surface area contributed by atoms with Crippen LogP contribution in [0.5, 0.6) is 0 Å². The summed E-state index contributed by atoms with van der Waals surface area (Å²) >= 11 is 0. The Morgan fingerprint density at radius 1 is 1.10 bits per heavy atom. The second-order valence-electron chi connectivity index (χ2n) is 6.12. The molecular formula is C15H28N2O4. The van der Waals surface area contributed by atoms with Crippen molar-refractivity contribution in [3.63, 3.8) is 0 Å². The molecule has 0 aromatic carbocycles. The summed E-state index contributed by atoms with van der Waals surface area (Å²) in [5.41, 5.74) is -0.556. The number of esters is 1. The summed E-state index contributed by atoms with van der Waals surface area (Å²) in [7, 11) is 0. The molecule has 0 bridgehead atoms. The number of hydrogen-bond donors (Lipinski definition) is 2. The number of carbonyl (C=O) groups excluding carboxylic acids is 3. The highest BCUT2D eigenvalue weighted by Gasteiger charge is 2.22. The zero-order valence-electron chi connectivity index (χ0n) is 13.7. The molecule has 21 heavy (non-hydrogen) atoms. The van der Waals surface area contributed by atoms with Gasteiger partial charge in [-0.2, -0.15) is 0 Å². The quantitative estimate of drug-likeness (QED) is 0.526. The van der Waals surface area contributed by atoms with E-state index in [1.165, 1.54) is 6.92 Å². The Bertz CT molecular complexity index is 361. The highest BCUT2D eigenvalue weighted by atomic mass is 16.6. The van der Waals surface area contributed by atoms with Crippen molar-refractivity contribution in [3.8, 4) is 0 Å². The van der Waals surface area contributed by atoms with Crippen LogP contribution in [-0.2, 0) is 19.1 Å². The lowest BCUT2D eigenvalue weighted by Gasteiger charge is -2.22. The first-order valence-corrected chi connectivity index (χ1v) is 7.38. The van der Waals surface area contributed by atoms with Crippen LogP contribution in [0.2, 0.25) is 0 Å². The van der Waals surface area contributed by atoms with Gasteiger partial charge in [0.1, 0.15) is 11.6 Å². The SMILES string of the molecule is CC(=O)NCCCCCC(=O)N[C@@H](C)C(=O)OC(C)(C)C. The first kappa shape index (κ1) is 19.4. The van der Waals surface area contributed by atoms with Crippen LogP contribution < -0.4 is 10.6 Å². The molecule has 0 rings (SSSR count). The van der Waals surface area contributed by atoms with Crippen molar-refractivity contribution in [1.82, 2.24) is 10.6 Å². The Kier molecular flexibility index (Phi) is 8.66. The molecule has 0 aliphatic rings. The van der Waals surface area contributed by atoms with Crippen molar-refractivity contribution in [2.24, 2.45) is 0 Å². The summed E-state index contributed by atoms with van der Waals surface area (Å²) in [5, 5.41) is 5.33. The maximum atomic E-state index is 11.7. The van der Waals surface area contributed by atoms with Crippen molar-refractivity contribution >= 4 is 17.8 Å². The third-order valence-corrected chi connectivity index (χ3v) is 2.59. The first-order chi connectivity index (χ1) is 9.61. The maximum Gasteiger partial charge on any atom is 0.328 e. The molecule has 0 aromatic rings. The zero-order valence-corrected chi connectivity index (χ0v) is 13.7. The van der Waals surface area contributed by atoms with Crippen LogP contribution in [0.4, 0.5) is 0 Å². The van der Waals surface area contributed by atoms with Crippen LogP contribution >= 0.6 is 0 Å². The summed E-state index contributed by atoms with van der Waals surface area (Å²) in [6, 6.07) is -0.642. The van der Waals surface area contributed by atoms with Crippen LogP contribution in [-0.4, -0.2) is 36.0 Å². The summed E-state index contributed by atoms with van der Waals surface area (Å²) < 4.78 is 5.19. The molecule has 1 atom stereocenters. The number of nitrogens with one attached hydrogen (secondary N) is 2. The van der Waals surface area contributed by atoms with Crippen LogP contribution in [0.3, 0.4) is 0 Å². The van der Waals surface area contributed by atoms with Gasteiger partial charge in [-0.05, 0) is 40.5 Å². The van der Waals surface area contributed by atoms with Gasteiger partial charge in [0.2, 0.25) is 11.8 Å². The predicted molar refractivity (Wildman–Crippen MR) is 80.6 cm³/mol. The van der Waals surface area contributed by atoms with Gasteiger partial charge >= 0.3 is 5.97 Å². The van der Waals surface area contributed by atoms with Gasteiger partial charge in [0.25, 0.3) is 0 Å². The smallest absolute Gasteiger partial charge is 0.328 e. The third kappa shape index (κ3) is 11.9. The number of carbonyl (C=O) groups is 3. The average Bonchev–Trinajstić information content (AvgIpc) is 2.30. The molecule has 0 spiro atoms. The second-order valence-corrected chi connectivity index (χ2v) is 6.12. The van der Waals surface area contributed by atoms with Crippen molar-refractivity contribution in [2.75, 3.05) is 6.54 Å². The Morgan fingerprint density at radius 3 is 2.24 bits per heavy atom. The van der Waals surface area contributed by atoms with Gasteiger partial charge in [-0.25, -0.2) is 4.79 Å². The minimum absolute atomic E-state index is 0.0427. The minimum Gasteiger partial charge on any atom is -0.458 e. The van der Waals surface area contributed by atoms with Gasteiger partial charge in [0, 0.05) is 19.9 Å². The van der Waals surface area contributed by atoms with E-state index in [1.807, 2.05) is 0 Å². The van der Waals surface area contributed by atoms with Crippen molar-refractivity contribution in [2.45, 2.75) is 71.9 Å². The van der Waals surface area contributed by atoms with Gasteiger partial charge in [-0.1, -0.05) is 6.42 Å². The number of ether oxygens (including phenoxy) is 1. The Morgan fingerprint density at radius 2 is 1.71 bits per heavy atom. The number of hydrogen-bond acceptors (Lipinski definition) is 4. The number of rotatable bonds is 8. The molecule has 0 saturated heterocycles. The minimum atomic E-state index is -0.642. The van der Waals surface area contributed by atoms with Crippen LogP contribution in [0.25, 0.3) is 0 Å². The first-order valence-electron chi connectivity index (χ1n) is 7.38. The number of amides is 2. The molecule has 0 unspecified atom stereocenters. The van der Waals surface area contributed by atoms with Gasteiger partial charge in [0.15, 0.2) is 0 Å². The molecule has 0 heterocycles. The average molecular weight is 300 g/mol. The van der Waals surface area contributed by atoms with Crippen molar-refractivity contribution < 1.29 is 19.1 Å². The van der Waals surface area contributed by atoms with Gasteiger partial charge in [-0.3, -0.25) is 9.59 Å². The maximum absolute atomic E-state index is 11.7. The Balaban J connectivity index is 3.78. The molecule has 0 aliphatic carbocycles. The Hall–Kier alpha value is -1.59. The van der Waals surface area contributed by atoms with E-state index >= 15 is 0 Å². The van der Waals surface area contributed by atoms with Crippen molar-refractivity contribution in [1.29, 1.82) is 0 Å². The monoisotopic (exact) mass is 300 g/mol. The van der Waals surface area contributed by atoms with Gasteiger partial charge in [0.05, 0.1) is 0 Å². The van der Waals surface area contributed by atoms with Crippen LogP contribution in [0.15, 0.2) is 0 Å². The second kappa shape index (κ2) is 9.37. The van der Waals surface area contributed by atoms with Crippen molar-refractivity contribution in [3.05, 3.63) is 0 Å². The Labute approximate surface area is 127 Å². The molecule has 0 radical (unpaired) electrons. The molecule has 2 N–H and O–H groups in total. The summed E-state index contributed by atoms with van der Waals surface area (Å²) in [6.07, 6.45) is 2.79. The molecule has 6 nitrogen and oxygen atoms in total. The molecule has 0 saturated carbocycles. The van der Waals surface area contributed by atoms with E-state index in [9.17, 15) is 14.4 Å². The fourth-order valence-corrected chi connectivity index (χ4v) is 1.61. The molecule has 6 heteroatoms. The summed E-state index contributed by atoms with van der Waals surface area (Å²) in [5.74, 6) is -0.631. The predicted octanol–water partition coefficient (Wildman–Crippen LogP) is 1.53. The van der Waals surface area contributed by atoms with Gasteiger partial charge < -0.3 is 15.4 Å². The lowest BCUT2D eigenvalue weighted by Crippen LogP contribution is -2.42. The lowest BCUT2D eigenvalue weighted by molar-refractivity contribution is -0.158.